The molecular weight excluding hydrogens is 347 g/mol. The molecule has 0 saturated heterocycles. The first kappa shape index (κ1) is 26.1. The van der Waals surface area contributed by atoms with Gasteiger partial charge in [-0.2, -0.15) is 0 Å². The predicted octanol–water partition coefficient (Wildman–Crippen LogP) is 3.07. The monoisotopic (exact) mass is 357 g/mol. The van der Waals surface area contributed by atoms with Gasteiger partial charge in [-0.1, -0.05) is 30.3 Å². The van der Waals surface area contributed by atoms with Gasteiger partial charge in [-0.25, -0.2) is 0 Å². The molecule has 1 saturated carbocycles. The SMILES string of the molecule is CO[C]1[CH][CH][C](Cl)[C](c2ccccc2)[CH]1.[C-]#[O+].[C-]#[O+].[C-]#[O+].[Mn]. The summed E-state index contributed by atoms with van der Waals surface area (Å²) < 4.78 is 27.7. The van der Waals surface area contributed by atoms with E-state index in [-0.39, 0.29) is 17.1 Å². The summed E-state index contributed by atoms with van der Waals surface area (Å²) >= 11 is 6.13. The molecule has 4 nitrogen and oxygen atoms in total. The van der Waals surface area contributed by atoms with E-state index in [4.69, 9.17) is 30.3 Å². The molecule has 2 rings (SSSR count). The molecule has 1 fully saturated rings. The molecule has 0 bridgehead atoms. The topological polar surface area (TPSA) is 68.9 Å². The van der Waals surface area contributed by atoms with E-state index in [9.17, 15) is 0 Å². The van der Waals surface area contributed by atoms with E-state index < -0.39 is 0 Å². The molecule has 113 valence electrons. The fraction of sp³-hybridized carbons (Fsp3) is 0.0625. The molecule has 6 heteroatoms. The van der Waals surface area contributed by atoms with Crippen molar-refractivity contribution >= 4 is 11.6 Å². The van der Waals surface area contributed by atoms with Crippen molar-refractivity contribution in [2.24, 2.45) is 0 Å². The second-order valence-corrected chi connectivity index (χ2v) is 3.62. The van der Waals surface area contributed by atoms with E-state index in [1.165, 1.54) is 0 Å². The smallest absolute Gasteiger partial charge is 0 e. The zero-order chi connectivity index (χ0) is 16.7. The van der Waals surface area contributed by atoms with Gasteiger partial charge in [0.1, 0.15) is 6.10 Å². The zero-order valence-corrected chi connectivity index (χ0v) is 13.4. The normalized spacial score (nSPS) is 14.4. The minimum absolute atomic E-state index is 0. The Kier molecular flexibility index (Phi) is 21.7. The van der Waals surface area contributed by atoms with Gasteiger partial charge in [-0.15, -0.1) is 11.6 Å². The van der Waals surface area contributed by atoms with Gasteiger partial charge < -0.3 is 4.74 Å². The van der Waals surface area contributed by atoms with Gasteiger partial charge in [0.25, 0.3) is 0 Å². The second kappa shape index (κ2) is 18.3. The predicted molar refractivity (Wildman–Crippen MR) is 72.8 cm³/mol. The Morgan fingerprint density at radius 1 is 0.909 bits per heavy atom. The van der Waals surface area contributed by atoms with Crippen molar-refractivity contribution in [3.8, 4) is 0 Å². The number of halogens is 1. The molecule has 0 N–H and O–H groups in total. The van der Waals surface area contributed by atoms with Crippen LogP contribution in [0.3, 0.4) is 0 Å². The van der Waals surface area contributed by atoms with Crippen molar-refractivity contribution in [1.29, 1.82) is 0 Å². The fourth-order valence-electron chi connectivity index (χ4n) is 1.47. The molecular formula is C16H11ClMnO4. The Hall–Kier alpha value is -0.791. The van der Waals surface area contributed by atoms with Crippen molar-refractivity contribution in [3.05, 3.63) is 92.5 Å². The van der Waals surface area contributed by atoms with E-state index in [1.807, 2.05) is 49.6 Å². The molecule has 1 aliphatic carbocycles. The summed E-state index contributed by atoms with van der Waals surface area (Å²) in [6.45, 7) is 13.5. The van der Waals surface area contributed by atoms with Gasteiger partial charge in [0.15, 0.2) is 0 Å². The number of hydrogen-bond acceptors (Lipinski definition) is 1. The van der Waals surface area contributed by atoms with Gasteiger partial charge in [0, 0.05) is 42.9 Å². The van der Waals surface area contributed by atoms with Gasteiger partial charge in [-0.05, 0) is 12.0 Å². The average Bonchev–Trinajstić information content (AvgIpc) is 2.61. The molecule has 0 heterocycles. The summed E-state index contributed by atoms with van der Waals surface area (Å²) in [5, 5.41) is 0.738. The van der Waals surface area contributed by atoms with Gasteiger partial charge >= 0.3 is 33.9 Å². The van der Waals surface area contributed by atoms with Crippen molar-refractivity contribution in [2.45, 2.75) is 0 Å². The van der Waals surface area contributed by atoms with Crippen LogP contribution in [0.25, 0.3) is 0 Å². The Morgan fingerprint density at radius 3 is 1.86 bits per heavy atom. The summed E-state index contributed by atoms with van der Waals surface area (Å²) in [7, 11) is 1.65. The van der Waals surface area contributed by atoms with Crippen molar-refractivity contribution < 1.29 is 35.8 Å². The van der Waals surface area contributed by atoms with Crippen LogP contribution in [0.4, 0.5) is 0 Å². The summed E-state index contributed by atoms with van der Waals surface area (Å²) in [6, 6.07) is 10.0. The number of ether oxygens (including phenoxy) is 1. The third-order valence-electron chi connectivity index (χ3n) is 2.26. The molecule has 0 aliphatic heterocycles. The molecule has 0 spiro atoms. The minimum Gasteiger partial charge on any atom is 0 e. The summed E-state index contributed by atoms with van der Waals surface area (Å²) in [5.41, 5.74) is 1.10. The molecule has 22 heavy (non-hydrogen) atoms. The second-order valence-electron chi connectivity index (χ2n) is 3.21. The number of benzene rings is 1. The minimum atomic E-state index is 0. The number of methoxy groups -OCH3 is 1. The standard InChI is InChI=1S/C13H11ClO.3CO.Mn/c1-15-11-7-8-13(14)12(9-11)10-5-3-2-4-6-10;3*1-2;/h2-9H,1H3;;;;. The Bertz CT molecular complexity index is 405. The summed E-state index contributed by atoms with van der Waals surface area (Å²) in [6.07, 6.45) is 6.47. The molecule has 1 aliphatic rings. The van der Waals surface area contributed by atoms with Gasteiger partial charge in [0.2, 0.25) is 0 Å². The fourth-order valence-corrected chi connectivity index (χ4v) is 1.70. The maximum absolute atomic E-state index is 7.50. The van der Waals surface area contributed by atoms with Crippen LogP contribution in [0, 0.1) is 56.6 Å². The molecule has 0 aromatic heterocycles. The third kappa shape index (κ3) is 9.27. The van der Waals surface area contributed by atoms with Crippen LogP contribution in [0.1, 0.15) is 5.56 Å². The maximum Gasteiger partial charge on any atom is 0 e. The van der Waals surface area contributed by atoms with Crippen LogP contribution < -0.4 is 0 Å². The molecule has 0 atom stereocenters. The molecule has 0 amide bonds. The maximum atomic E-state index is 7.50. The largest absolute Gasteiger partial charge is 0 e. The van der Waals surface area contributed by atoms with Crippen LogP contribution in [0.2, 0.25) is 0 Å². The van der Waals surface area contributed by atoms with E-state index >= 15 is 0 Å². The Morgan fingerprint density at radius 2 is 1.41 bits per heavy atom. The molecule has 7 radical (unpaired) electrons. The first-order valence-electron chi connectivity index (χ1n) is 5.31. The van der Waals surface area contributed by atoms with Crippen LogP contribution in [-0.2, 0) is 35.8 Å². The third-order valence-corrected chi connectivity index (χ3v) is 2.59. The zero-order valence-electron chi connectivity index (χ0n) is 11.5. The van der Waals surface area contributed by atoms with E-state index in [0.29, 0.717) is 0 Å². The van der Waals surface area contributed by atoms with Gasteiger partial charge in [0.05, 0.1) is 5.38 Å². The average molecular weight is 358 g/mol. The van der Waals surface area contributed by atoms with Crippen LogP contribution in [-0.4, -0.2) is 7.11 Å². The van der Waals surface area contributed by atoms with Crippen LogP contribution in [0.5, 0.6) is 0 Å². The number of rotatable bonds is 2. The number of hydrogen-bond donors (Lipinski definition) is 0. The Balaban J connectivity index is -0.000000463. The summed E-state index contributed by atoms with van der Waals surface area (Å²) in [5.74, 6) is 0.997. The van der Waals surface area contributed by atoms with Crippen molar-refractivity contribution in [3.63, 3.8) is 0 Å². The summed E-state index contributed by atoms with van der Waals surface area (Å²) in [4.78, 5) is 0. The molecule has 0 unspecified atom stereocenters. The van der Waals surface area contributed by atoms with Crippen LogP contribution >= 0.6 is 11.6 Å². The van der Waals surface area contributed by atoms with E-state index in [1.54, 1.807) is 7.11 Å². The van der Waals surface area contributed by atoms with Crippen LogP contribution in [0.15, 0.2) is 30.3 Å². The van der Waals surface area contributed by atoms with E-state index in [0.717, 1.165) is 23.0 Å². The molecule has 1 aromatic carbocycles. The van der Waals surface area contributed by atoms with Gasteiger partial charge in [-0.3, -0.25) is 0 Å². The van der Waals surface area contributed by atoms with Crippen molar-refractivity contribution in [2.75, 3.05) is 7.11 Å². The quantitative estimate of drug-likeness (QED) is 0.455. The first-order chi connectivity index (χ1) is 10.3. The molecule has 1 aromatic rings. The van der Waals surface area contributed by atoms with E-state index in [2.05, 4.69) is 20.0 Å². The Labute approximate surface area is 147 Å². The first-order valence-corrected chi connectivity index (χ1v) is 5.69. The van der Waals surface area contributed by atoms with Crippen molar-refractivity contribution in [1.82, 2.24) is 0 Å².